The summed E-state index contributed by atoms with van der Waals surface area (Å²) in [7, 11) is -3.17. The van der Waals surface area contributed by atoms with Gasteiger partial charge < -0.3 is 5.32 Å². The average molecular weight is 338 g/mol. The standard InChI is InChI=1S/C16H26N4O2S/c1-12-18-14(15-8-9-20(15)23(2,21)22)10-16(19-12)17-11-13-6-4-3-5-7-13/h10,13,15H,3-9,11H2,1-2H3,(H,17,18,19). The van der Waals surface area contributed by atoms with Crippen molar-refractivity contribution in [3.05, 3.63) is 17.6 Å². The van der Waals surface area contributed by atoms with Crippen LogP contribution in [-0.4, -0.2) is 42.0 Å². The predicted octanol–water partition coefficient (Wildman–Crippen LogP) is 2.48. The monoisotopic (exact) mass is 338 g/mol. The van der Waals surface area contributed by atoms with Gasteiger partial charge in [-0.2, -0.15) is 4.31 Å². The minimum absolute atomic E-state index is 0.137. The van der Waals surface area contributed by atoms with Crippen LogP contribution in [0.5, 0.6) is 0 Å². The van der Waals surface area contributed by atoms with Crippen molar-refractivity contribution in [1.29, 1.82) is 0 Å². The van der Waals surface area contributed by atoms with Gasteiger partial charge in [-0.1, -0.05) is 19.3 Å². The second-order valence-electron chi connectivity index (χ2n) is 6.79. The number of rotatable bonds is 5. The maximum absolute atomic E-state index is 11.8. The number of aromatic nitrogens is 2. The van der Waals surface area contributed by atoms with E-state index in [1.54, 1.807) is 0 Å². The van der Waals surface area contributed by atoms with Gasteiger partial charge in [0.25, 0.3) is 0 Å². The fourth-order valence-corrected chi connectivity index (χ4v) is 4.66. The Hall–Kier alpha value is -1.21. The third-order valence-corrected chi connectivity index (χ3v) is 6.18. The SMILES string of the molecule is Cc1nc(NCC2CCCCC2)cc(C2CCN2S(C)(=O)=O)n1. The molecule has 23 heavy (non-hydrogen) atoms. The van der Waals surface area contributed by atoms with Gasteiger partial charge in [-0.25, -0.2) is 18.4 Å². The molecule has 6 nitrogen and oxygen atoms in total. The summed E-state index contributed by atoms with van der Waals surface area (Å²) in [5, 5.41) is 3.43. The molecule has 1 saturated carbocycles. The van der Waals surface area contributed by atoms with E-state index in [1.165, 1.54) is 42.7 Å². The average Bonchev–Trinajstić information content (AvgIpc) is 2.43. The van der Waals surface area contributed by atoms with Gasteiger partial charge in [-0.05, 0) is 32.1 Å². The lowest BCUT2D eigenvalue weighted by atomic mass is 9.89. The minimum Gasteiger partial charge on any atom is -0.370 e. The molecule has 1 aliphatic carbocycles. The Kier molecular flexibility index (Phi) is 4.87. The number of hydrogen-bond acceptors (Lipinski definition) is 5. The first-order valence-corrected chi connectivity index (χ1v) is 10.3. The van der Waals surface area contributed by atoms with Crippen LogP contribution in [0.4, 0.5) is 5.82 Å². The van der Waals surface area contributed by atoms with Crippen molar-refractivity contribution in [3.63, 3.8) is 0 Å². The second-order valence-corrected chi connectivity index (χ2v) is 8.72. The molecule has 0 aromatic carbocycles. The summed E-state index contributed by atoms with van der Waals surface area (Å²) in [4.78, 5) is 8.91. The summed E-state index contributed by atoms with van der Waals surface area (Å²) in [5.74, 6) is 2.23. The topological polar surface area (TPSA) is 75.2 Å². The Morgan fingerprint density at radius 1 is 1.22 bits per heavy atom. The molecule has 3 rings (SSSR count). The van der Waals surface area contributed by atoms with E-state index in [0.29, 0.717) is 12.4 Å². The van der Waals surface area contributed by atoms with E-state index in [4.69, 9.17) is 0 Å². The van der Waals surface area contributed by atoms with Crippen molar-refractivity contribution in [2.24, 2.45) is 5.92 Å². The number of sulfonamides is 1. The highest BCUT2D eigenvalue weighted by molar-refractivity contribution is 7.88. The van der Waals surface area contributed by atoms with Gasteiger partial charge in [0.05, 0.1) is 18.0 Å². The second kappa shape index (κ2) is 6.73. The van der Waals surface area contributed by atoms with Crippen LogP contribution in [0.2, 0.25) is 0 Å². The van der Waals surface area contributed by atoms with Crippen LogP contribution in [0, 0.1) is 12.8 Å². The zero-order chi connectivity index (χ0) is 16.4. The molecular weight excluding hydrogens is 312 g/mol. The van der Waals surface area contributed by atoms with Gasteiger partial charge in [-0.3, -0.25) is 0 Å². The first-order valence-electron chi connectivity index (χ1n) is 8.50. The van der Waals surface area contributed by atoms with E-state index in [-0.39, 0.29) is 6.04 Å². The quantitative estimate of drug-likeness (QED) is 0.893. The third-order valence-electron chi connectivity index (χ3n) is 4.89. The van der Waals surface area contributed by atoms with Crippen molar-refractivity contribution in [1.82, 2.24) is 14.3 Å². The fourth-order valence-electron chi connectivity index (χ4n) is 3.55. The minimum atomic E-state index is -3.17. The molecule has 1 aromatic heterocycles. The number of anilines is 1. The third kappa shape index (κ3) is 4.01. The molecule has 0 bridgehead atoms. The van der Waals surface area contributed by atoms with Crippen LogP contribution in [0.3, 0.4) is 0 Å². The highest BCUT2D eigenvalue weighted by Crippen LogP contribution is 2.35. The predicted molar refractivity (Wildman–Crippen MR) is 90.7 cm³/mol. The lowest BCUT2D eigenvalue weighted by Crippen LogP contribution is -2.44. The molecule has 1 atom stereocenters. The van der Waals surface area contributed by atoms with Crippen LogP contribution in [-0.2, 0) is 10.0 Å². The van der Waals surface area contributed by atoms with Crippen molar-refractivity contribution < 1.29 is 8.42 Å². The van der Waals surface area contributed by atoms with Crippen molar-refractivity contribution in [3.8, 4) is 0 Å². The van der Waals surface area contributed by atoms with E-state index >= 15 is 0 Å². The van der Waals surface area contributed by atoms with Crippen LogP contribution in [0.1, 0.15) is 56.1 Å². The molecule has 128 valence electrons. The number of nitrogens with zero attached hydrogens (tertiary/aromatic N) is 3. The Morgan fingerprint density at radius 2 is 1.96 bits per heavy atom. The zero-order valence-corrected chi connectivity index (χ0v) is 14.8. The molecule has 1 aliphatic heterocycles. The zero-order valence-electron chi connectivity index (χ0n) is 14.0. The van der Waals surface area contributed by atoms with E-state index in [9.17, 15) is 8.42 Å². The summed E-state index contributed by atoms with van der Waals surface area (Å²) in [5.41, 5.74) is 0.806. The van der Waals surface area contributed by atoms with Crippen molar-refractivity contribution in [2.45, 2.75) is 51.5 Å². The smallest absolute Gasteiger partial charge is 0.211 e. The molecular formula is C16H26N4O2S. The van der Waals surface area contributed by atoms with Gasteiger partial charge in [-0.15, -0.1) is 0 Å². The van der Waals surface area contributed by atoms with Crippen molar-refractivity contribution in [2.75, 3.05) is 24.7 Å². The maximum Gasteiger partial charge on any atom is 0.211 e. The van der Waals surface area contributed by atoms with E-state index < -0.39 is 10.0 Å². The summed E-state index contributed by atoms with van der Waals surface area (Å²) in [6.07, 6.45) is 8.66. The highest BCUT2D eigenvalue weighted by atomic mass is 32.2. The van der Waals surface area contributed by atoms with E-state index in [0.717, 1.165) is 30.4 Å². The van der Waals surface area contributed by atoms with Crippen molar-refractivity contribution >= 4 is 15.8 Å². The molecule has 0 radical (unpaired) electrons. The molecule has 1 saturated heterocycles. The number of nitrogens with one attached hydrogen (secondary N) is 1. The number of hydrogen-bond donors (Lipinski definition) is 1. The highest BCUT2D eigenvalue weighted by Gasteiger charge is 2.37. The fraction of sp³-hybridized carbons (Fsp3) is 0.750. The Bertz CT molecular complexity index is 656. The van der Waals surface area contributed by atoms with E-state index in [2.05, 4.69) is 15.3 Å². The van der Waals surface area contributed by atoms with Crippen LogP contribution in [0.15, 0.2) is 6.07 Å². The molecule has 0 spiro atoms. The molecule has 1 aromatic rings. The van der Waals surface area contributed by atoms with Crippen LogP contribution >= 0.6 is 0 Å². The largest absolute Gasteiger partial charge is 0.370 e. The molecule has 7 heteroatoms. The first-order chi connectivity index (χ1) is 10.9. The summed E-state index contributed by atoms with van der Waals surface area (Å²) in [6.45, 7) is 3.38. The Morgan fingerprint density at radius 3 is 2.57 bits per heavy atom. The van der Waals surface area contributed by atoms with Gasteiger partial charge in [0.2, 0.25) is 10.0 Å². The molecule has 1 unspecified atom stereocenters. The summed E-state index contributed by atoms with van der Waals surface area (Å²) >= 11 is 0. The van der Waals surface area contributed by atoms with Crippen LogP contribution < -0.4 is 5.32 Å². The molecule has 2 aliphatic rings. The Balaban J connectivity index is 1.69. The molecule has 2 heterocycles. The van der Waals surface area contributed by atoms with E-state index in [1.807, 2.05) is 13.0 Å². The van der Waals surface area contributed by atoms with Gasteiger partial charge in [0, 0.05) is 19.2 Å². The van der Waals surface area contributed by atoms with Gasteiger partial charge >= 0.3 is 0 Å². The normalized spacial score (nSPS) is 23.5. The van der Waals surface area contributed by atoms with Gasteiger partial charge in [0.1, 0.15) is 11.6 Å². The maximum atomic E-state index is 11.8. The van der Waals surface area contributed by atoms with Crippen LogP contribution in [0.25, 0.3) is 0 Å². The lowest BCUT2D eigenvalue weighted by Gasteiger charge is -2.38. The molecule has 0 amide bonds. The molecule has 2 fully saturated rings. The summed E-state index contributed by atoms with van der Waals surface area (Å²) < 4.78 is 25.0. The van der Waals surface area contributed by atoms with Gasteiger partial charge in [0.15, 0.2) is 0 Å². The first kappa shape index (κ1) is 16.6. The Labute approximate surface area is 138 Å². The molecule has 1 N–H and O–H groups in total. The lowest BCUT2D eigenvalue weighted by molar-refractivity contribution is 0.199. The summed E-state index contributed by atoms with van der Waals surface area (Å²) in [6, 6.07) is 1.78. The number of aryl methyl sites for hydroxylation is 1.